The Hall–Kier alpha value is -2.52. The number of nitrogens with zero attached hydrogens (tertiary/aromatic N) is 1. The fourth-order valence-electron chi connectivity index (χ4n) is 2.88. The zero-order chi connectivity index (χ0) is 17.6. The number of hydrogen-bond donors (Lipinski definition) is 1. The van der Waals surface area contributed by atoms with Crippen molar-refractivity contribution in [1.82, 2.24) is 9.88 Å². The van der Waals surface area contributed by atoms with Crippen molar-refractivity contribution >= 4 is 17.5 Å². The van der Waals surface area contributed by atoms with E-state index in [2.05, 4.69) is 35.0 Å². The second-order valence-corrected chi connectivity index (χ2v) is 6.60. The summed E-state index contributed by atoms with van der Waals surface area (Å²) in [5.41, 5.74) is 3.36. The highest BCUT2D eigenvalue weighted by Crippen LogP contribution is 2.23. The van der Waals surface area contributed by atoms with Crippen LogP contribution in [0, 0.1) is 6.92 Å². The molecule has 25 heavy (non-hydrogen) atoms. The number of carbonyl (C=O) groups is 1. The molecule has 128 valence electrons. The van der Waals surface area contributed by atoms with Gasteiger partial charge in [0.15, 0.2) is 0 Å². The largest absolute Gasteiger partial charge is 0.352 e. The second kappa shape index (κ2) is 8.04. The summed E-state index contributed by atoms with van der Waals surface area (Å²) in [5.74, 6) is 0.0233. The average Bonchev–Trinajstić information content (AvgIpc) is 3.13. The molecule has 0 bridgehead atoms. The van der Waals surface area contributed by atoms with Crippen LogP contribution in [-0.4, -0.2) is 10.5 Å². The van der Waals surface area contributed by atoms with Crippen LogP contribution < -0.4 is 5.32 Å². The summed E-state index contributed by atoms with van der Waals surface area (Å²) >= 11 is 5.89. The molecule has 0 aliphatic rings. The van der Waals surface area contributed by atoms with Crippen molar-refractivity contribution < 1.29 is 4.79 Å². The van der Waals surface area contributed by atoms with Crippen molar-refractivity contribution in [3.05, 3.63) is 94.8 Å². The molecule has 0 radical (unpaired) electrons. The summed E-state index contributed by atoms with van der Waals surface area (Å²) in [6.45, 7) is 2.57. The molecule has 3 rings (SSSR count). The van der Waals surface area contributed by atoms with E-state index in [1.165, 1.54) is 5.56 Å². The first-order valence-corrected chi connectivity index (χ1v) is 8.70. The highest BCUT2D eigenvalue weighted by molar-refractivity contribution is 6.30. The van der Waals surface area contributed by atoms with Crippen LogP contribution in [0.25, 0.3) is 0 Å². The predicted octanol–water partition coefficient (Wildman–Crippen LogP) is 4.75. The number of aromatic nitrogens is 1. The van der Waals surface area contributed by atoms with Gasteiger partial charge in [-0.3, -0.25) is 4.79 Å². The van der Waals surface area contributed by atoms with Crippen LogP contribution in [-0.2, 0) is 11.3 Å². The summed E-state index contributed by atoms with van der Waals surface area (Å²) in [5, 5.41) is 3.70. The van der Waals surface area contributed by atoms with Crippen LogP contribution in [0.4, 0.5) is 0 Å². The van der Waals surface area contributed by atoms with Crippen molar-refractivity contribution in [3.63, 3.8) is 0 Å². The van der Waals surface area contributed by atoms with E-state index in [0.717, 1.165) is 11.1 Å². The van der Waals surface area contributed by atoms with E-state index in [1.54, 1.807) is 0 Å². The molecule has 3 aromatic rings. The van der Waals surface area contributed by atoms with E-state index in [1.807, 2.05) is 54.9 Å². The lowest BCUT2D eigenvalue weighted by Gasteiger charge is -2.20. The van der Waals surface area contributed by atoms with E-state index in [-0.39, 0.29) is 11.9 Å². The summed E-state index contributed by atoms with van der Waals surface area (Å²) in [6, 6.07) is 19.8. The highest BCUT2D eigenvalue weighted by Gasteiger charge is 2.17. The van der Waals surface area contributed by atoms with Crippen molar-refractivity contribution in [2.75, 3.05) is 0 Å². The molecule has 0 spiro atoms. The summed E-state index contributed by atoms with van der Waals surface area (Å²) < 4.78 is 2.08. The van der Waals surface area contributed by atoms with E-state index in [9.17, 15) is 4.79 Å². The van der Waals surface area contributed by atoms with Gasteiger partial charge in [0, 0.05) is 24.0 Å². The van der Waals surface area contributed by atoms with Gasteiger partial charge in [-0.2, -0.15) is 0 Å². The smallest absolute Gasteiger partial charge is 0.222 e. The summed E-state index contributed by atoms with van der Waals surface area (Å²) in [6.07, 6.45) is 4.39. The Labute approximate surface area is 153 Å². The third kappa shape index (κ3) is 4.74. The summed E-state index contributed by atoms with van der Waals surface area (Å²) in [4.78, 5) is 12.5. The number of amides is 1. The van der Waals surface area contributed by atoms with Crippen LogP contribution in [0.5, 0.6) is 0 Å². The molecule has 2 aromatic carbocycles. The SMILES string of the molecule is Cc1cccc([C@@H](CC(=O)NCc2ccc(Cl)cc2)n2cccc2)c1. The van der Waals surface area contributed by atoms with E-state index in [4.69, 9.17) is 11.6 Å². The Kier molecular flexibility index (Phi) is 5.56. The monoisotopic (exact) mass is 352 g/mol. The quantitative estimate of drug-likeness (QED) is 0.682. The van der Waals surface area contributed by atoms with Gasteiger partial charge in [-0.15, -0.1) is 0 Å². The molecule has 0 saturated heterocycles. The lowest BCUT2D eigenvalue weighted by atomic mass is 10.0. The maximum atomic E-state index is 12.5. The van der Waals surface area contributed by atoms with Crippen LogP contribution in [0.2, 0.25) is 5.02 Å². The van der Waals surface area contributed by atoms with E-state index < -0.39 is 0 Å². The van der Waals surface area contributed by atoms with Gasteiger partial charge < -0.3 is 9.88 Å². The molecule has 0 unspecified atom stereocenters. The third-order valence-corrected chi connectivity index (χ3v) is 4.45. The van der Waals surface area contributed by atoms with Gasteiger partial charge in [-0.25, -0.2) is 0 Å². The third-order valence-electron chi connectivity index (χ3n) is 4.20. The molecule has 4 heteroatoms. The normalized spacial score (nSPS) is 11.9. The Bertz CT molecular complexity index is 825. The highest BCUT2D eigenvalue weighted by atomic mass is 35.5. The van der Waals surface area contributed by atoms with Crippen molar-refractivity contribution in [1.29, 1.82) is 0 Å². The first kappa shape index (κ1) is 17.3. The number of carbonyl (C=O) groups excluding carboxylic acids is 1. The van der Waals surface area contributed by atoms with E-state index in [0.29, 0.717) is 18.0 Å². The van der Waals surface area contributed by atoms with Crippen LogP contribution >= 0.6 is 11.6 Å². The summed E-state index contributed by atoms with van der Waals surface area (Å²) in [7, 11) is 0. The zero-order valence-electron chi connectivity index (χ0n) is 14.2. The Morgan fingerprint density at radius 2 is 1.80 bits per heavy atom. The maximum absolute atomic E-state index is 12.5. The lowest BCUT2D eigenvalue weighted by molar-refractivity contribution is -0.121. The number of halogens is 1. The van der Waals surface area contributed by atoms with Gasteiger partial charge in [0.2, 0.25) is 5.91 Å². The van der Waals surface area contributed by atoms with Gasteiger partial charge in [0.25, 0.3) is 0 Å². The first-order valence-electron chi connectivity index (χ1n) is 8.32. The van der Waals surface area contributed by atoms with Crippen molar-refractivity contribution in [2.45, 2.75) is 25.9 Å². The fourth-order valence-corrected chi connectivity index (χ4v) is 3.01. The lowest BCUT2D eigenvalue weighted by Crippen LogP contribution is -2.26. The molecule has 1 amide bonds. The Morgan fingerprint density at radius 3 is 2.48 bits per heavy atom. The molecule has 1 heterocycles. The topological polar surface area (TPSA) is 34.0 Å². The van der Waals surface area contributed by atoms with Gasteiger partial charge in [-0.05, 0) is 42.3 Å². The number of benzene rings is 2. The maximum Gasteiger partial charge on any atom is 0.222 e. The molecule has 3 nitrogen and oxygen atoms in total. The van der Waals surface area contributed by atoms with Crippen LogP contribution in [0.1, 0.15) is 29.2 Å². The molecule has 1 atom stereocenters. The second-order valence-electron chi connectivity index (χ2n) is 6.17. The van der Waals surface area contributed by atoms with Crippen LogP contribution in [0.15, 0.2) is 73.1 Å². The average molecular weight is 353 g/mol. The standard InChI is InChI=1S/C21H21ClN2O/c1-16-5-4-6-18(13-16)20(24-11-2-3-12-24)14-21(25)23-15-17-7-9-19(22)10-8-17/h2-13,20H,14-15H2,1H3,(H,23,25)/t20-/m1/s1. The molecule has 0 fully saturated rings. The molecular weight excluding hydrogens is 332 g/mol. The minimum atomic E-state index is -0.0138. The number of aryl methyl sites for hydroxylation is 1. The Balaban J connectivity index is 1.69. The van der Waals surface area contributed by atoms with Gasteiger partial charge in [0.1, 0.15) is 0 Å². The molecule has 1 aromatic heterocycles. The zero-order valence-corrected chi connectivity index (χ0v) is 14.9. The van der Waals surface area contributed by atoms with E-state index >= 15 is 0 Å². The fraction of sp³-hybridized carbons (Fsp3) is 0.190. The van der Waals surface area contributed by atoms with Crippen molar-refractivity contribution in [2.24, 2.45) is 0 Å². The number of rotatable bonds is 6. The van der Waals surface area contributed by atoms with Gasteiger partial charge >= 0.3 is 0 Å². The van der Waals surface area contributed by atoms with Crippen LogP contribution in [0.3, 0.4) is 0 Å². The Morgan fingerprint density at radius 1 is 1.08 bits per heavy atom. The number of nitrogens with one attached hydrogen (secondary N) is 1. The predicted molar refractivity (Wildman–Crippen MR) is 102 cm³/mol. The number of hydrogen-bond acceptors (Lipinski definition) is 1. The minimum absolute atomic E-state index is 0.0138. The van der Waals surface area contributed by atoms with Crippen molar-refractivity contribution in [3.8, 4) is 0 Å². The molecular formula is C21H21ClN2O. The molecule has 0 aliphatic heterocycles. The van der Waals surface area contributed by atoms with Gasteiger partial charge in [0.05, 0.1) is 12.5 Å². The minimum Gasteiger partial charge on any atom is -0.352 e. The molecule has 1 N–H and O–H groups in total. The molecule has 0 aliphatic carbocycles. The first-order chi connectivity index (χ1) is 12.1. The van der Waals surface area contributed by atoms with Gasteiger partial charge in [-0.1, -0.05) is 53.6 Å². The molecule has 0 saturated carbocycles.